The van der Waals surface area contributed by atoms with E-state index in [-0.39, 0.29) is 11.9 Å². The van der Waals surface area contributed by atoms with Gasteiger partial charge in [-0.1, -0.05) is 0 Å². The minimum atomic E-state index is -0.920. The first-order chi connectivity index (χ1) is 6.20. The summed E-state index contributed by atoms with van der Waals surface area (Å²) in [7, 11) is 5.97. The first-order valence-electron chi connectivity index (χ1n) is 3.33. The van der Waals surface area contributed by atoms with E-state index in [1.54, 1.807) is 16.6 Å². The fourth-order valence-corrected chi connectivity index (χ4v) is 11.4. The monoisotopic (exact) mass is 418 g/mol. The van der Waals surface area contributed by atoms with Gasteiger partial charge in [0.25, 0.3) is 0 Å². The van der Waals surface area contributed by atoms with Crippen molar-refractivity contribution in [3.8, 4) is 0 Å². The topological polar surface area (TPSA) is 52.6 Å². The Hall–Kier alpha value is 0.562. The molecule has 13 heavy (non-hydrogen) atoms. The van der Waals surface area contributed by atoms with Gasteiger partial charge in [-0.05, 0) is 0 Å². The van der Waals surface area contributed by atoms with E-state index < -0.39 is 21.2 Å². The summed E-state index contributed by atoms with van der Waals surface area (Å²) in [6, 6.07) is 0. The number of rotatable bonds is 6. The van der Waals surface area contributed by atoms with Gasteiger partial charge >= 0.3 is 94.6 Å². The Morgan fingerprint density at radius 2 is 1.46 bits per heavy atom. The quantitative estimate of drug-likeness (QED) is 0.353. The van der Waals surface area contributed by atoms with Crippen LogP contribution in [-0.4, -0.2) is 58.9 Å². The number of methoxy groups -OCH3 is 2. The molecule has 0 aliphatic heterocycles. The zero-order valence-corrected chi connectivity index (χ0v) is 12.9. The molecule has 0 heterocycles. The van der Waals surface area contributed by atoms with Crippen molar-refractivity contribution in [1.82, 2.24) is 0 Å². The Morgan fingerprint density at radius 3 is 1.77 bits per heavy atom. The van der Waals surface area contributed by atoms with E-state index in [4.69, 9.17) is 0 Å². The Kier molecular flexibility index (Phi) is 9.52. The van der Waals surface area contributed by atoms with Gasteiger partial charge in [0.15, 0.2) is 0 Å². The summed E-state index contributed by atoms with van der Waals surface area (Å²) in [6.45, 7) is 0. The van der Waals surface area contributed by atoms with Crippen molar-refractivity contribution in [2.45, 2.75) is 0 Å². The van der Waals surface area contributed by atoms with Crippen molar-refractivity contribution in [2.75, 3.05) is 25.7 Å². The summed E-state index contributed by atoms with van der Waals surface area (Å²) >= 11 is -0.920. The molecule has 4 nitrogen and oxygen atoms in total. The van der Waals surface area contributed by atoms with E-state index in [2.05, 4.69) is 9.47 Å². The maximum atomic E-state index is 10.7. The van der Waals surface area contributed by atoms with E-state index in [1.807, 2.05) is 0 Å². The summed E-state index contributed by atoms with van der Waals surface area (Å²) in [4.78, 5) is 21.3. The van der Waals surface area contributed by atoms with Crippen LogP contribution in [0.4, 0.5) is 0 Å². The molecule has 74 valence electrons. The van der Waals surface area contributed by atoms with Crippen molar-refractivity contribution in [3.63, 3.8) is 0 Å². The molecule has 0 spiro atoms. The molecule has 0 unspecified atom stereocenters. The van der Waals surface area contributed by atoms with Gasteiger partial charge in [-0.2, -0.15) is 0 Å². The van der Waals surface area contributed by atoms with Crippen molar-refractivity contribution in [3.05, 3.63) is 0 Å². The molecule has 0 aliphatic carbocycles. The molecular weight excluding hydrogens is 407 g/mol. The number of carbonyl (C=O) groups is 2. The number of esters is 2. The average molecular weight is 417 g/mol. The zero-order chi connectivity index (χ0) is 10.1. The summed E-state index contributed by atoms with van der Waals surface area (Å²) in [5.41, 5.74) is 0. The molecule has 0 atom stereocenters. The average Bonchev–Trinajstić information content (AvgIpc) is 2.16. The van der Waals surface area contributed by atoms with Crippen LogP contribution in [0.5, 0.6) is 0 Å². The summed E-state index contributed by atoms with van der Waals surface area (Å²) in [5.74, 6) is 0.425. The Labute approximate surface area is 94.0 Å². The van der Waals surface area contributed by atoms with E-state index >= 15 is 0 Å². The van der Waals surface area contributed by atoms with Crippen LogP contribution in [0.25, 0.3) is 0 Å². The predicted octanol–water partition coefficient (Wildman–Crippen LogP) is 0.333. The SMILES string of the molecule is COC(=O)C[S][Pb][S]CC(=O)OC. The second-order valence-electron chi connectivity index (χ2n) is 1.81. The molecule has 7 heteroatoms. The molecule has 0 saturated carbocycles. The third-order valence-electron chi connectivity index (χ3n) is 0.953. The molecule has 0 amide bonds. The Morgan fingerprint density at radius 1 is 1.08 bits per heavy atom. The van der Waals surface area contributed by atoms with Gasteiger partial charge in [0, 0.05) is 0 Å². The van der Waals surface area contributed by atoms with Crippen molar-refractivity contribution < 1.29 is 19.1 Å². The van der Waals surface area contributed by atoms with Crippen LogP contribution in [0, 0.1) is 0 Å². The van der Waals surface area contributed by atoms with Gasteiger partial charge in [0.05, 0.1) is 0 Å². The second kappa shape index (κ2) is 9.13. The Bertz CT molecular complexity index is 158. The molecule has 0 aromatic rings. The van der Waals surface area contributed by atoms with Crippen molar-refractivity contribution in [2.24, 2.45) is 0 Å². The fraction of sp³-hybridized carbons (Fsp3) is 0.667. The maximum absolute atomic E-state index is 10.7. The van der Waals surface area contributed by atoms with Crippen LogP contribution in [0.1, 0.15) is 0 Å². The molecule has 0 bridgehead atoms. The van der Waals surface area contributed by atoms with Gasteiger partial charge in [-0.25, -0.2) is 0 Å². The molecule has 0 aromatic heterocycles. The van der Waals surface area contributed by atoms with Gasteiger partial charge in [-0.3, -0.25) is 0 Å². The third-order valence-corrected chi connectivity index (χ3v) is 14.3. The fourth-order valence-electron chi connectivity index (χ4n) is 0.336. The molecule has 2 radical (unpaired) electrons. The first-order valence-corrected chi connectivity index (χ1v) is 14.8. The molecule has 0 aromatic carbocycles. The summed E-state index contributed by atoms with van der Waals surface area (Å²) in [6.07, 6.45) is 0. The molecule has 0 rings (SSSR count). The number of ether oxygens (including phenoxy) is 2. The molecule has 0 N–H and O–H groups in total. The molecule has 0 fully saturated rings. The Balaban J connectivity index is 3.17. The molecular formula is C6H10O4PbS2. The van der Waals surface area contributed by atoms with Crippen LogP contribution < -0.4 is 0 Å². The standard InChI is InChI=1S/2C3H6O2S.Pb/c2*1-5-3(4)2-6;/h2*6H,2H2,1H3;/q;;+2/p-2. The summed E-state index contributed by atoms with van der Waals surface area (Å²) in [5, 5.41) is 0. The molecule has 0 aliphatic rings. The van der Waals surface area contributed by atoms with Crippen molar-refractivity contribution in [1.29, 1.82) is 0 Å². The second-order valence-corrected chi connectivity index (χ2v) is 16.2. The first kappa shape index (κ1) is 13.6. The predicted molar refractivity (Wildman–Crippen MR) is 54.7 cm³/mol. The van der Waals surface area contributed by atoms with Crippen LogP contribution in [-0.2, 0) is 19.1 Å². The van der Waals surface area contributed by atoms with Gasteiger partial charge in [-0.15, -0.1) is 0 Å². The van der Waals surface area contributed by atoms with Crippen LogP contribution >= 0.6 is 16.6 Å². The van der Waals surface area contributed by atoms with Gasteiger partial charge < -0.3 is 0 Å². The van der Waals surface area contributed by atoms with E-state index in [9.17, 15) is 9.59 Å². The minimum absolute atomic E-state index is 0.198. The van der Waals surface area contributed by atoms with Crippen molar-refractivity contribution >= 4 is 49.8 Å². The summed E-state index contributed by atoms with van der Waals surface area (Å²) < 4.78 is 8.94. The molecule has 0 saturated heterocycles. The van der Waals surface area contributed by atoms with Crippen LogP contribution in [0.15, 0.2) is 0 Å². The van der Waals surface area contributed by atoms with Gasteiger partial charge in [0.1, 0.15) is 0 Å². The number of carbonyl (C=O) groups excluding carboxylic acids is 2. The number of hydrogen-bond donors (Lipinski definition) is 0. The van der Waals surface area contributed by atoms with E-state index in [1.165, 1.54) is 14.2 Å². The van der Waals surface area contributed by atoms with Crippen LogP contribution in [0.3, 0.4) is 0 Å². The zero-order valence-electron chi connectivity index (χ0n) is 7.36. The van der Waals surface area contributed by atoms with Gasteiger partial charge in [0.2, 0.25) is 0 Å². The third kappa shape index (κ3) is 8.88. The van der Waals surface area contributed by atoms with E-state index in [0.717, 1.165) is 0 Å². The van der Waals surface area contributed by atoms with E-state index in [0.29, 0.717) is 11.5 Å². The normalized spacial score (nSPS) is 9.38. The number of hydrogen-bond acceptors (Lipinski definition) is 6. The van der Waals surface area contributed by atoms with Crippen LogP contribution in [0.2, 0.25) is 0 Å².